The highest BCUT2D eigenvalue weighted by Gasteiger charge is 2.38. The summed E-state index contributed by atoms with van der Waals surface area (Å²) in [6, 6.07) is 2.66. The number of carbonyl (C=O) groups excluding carboxylic acids is 3. The number of hydrogen-bond acceptors (Lipinski definition) is 10. The number of benzene rings is 2. The Morgan fingerprint density at radius 2 is 1.73 bits per heavy atom. The van der Waals surface area contributed by atoms with Crippen LogP contribution >= 0.6 is 0 Å². The van der Waals surface area contributed by atoms with Gasteiger partial charge >= 0.3 is 12.1 Å². The summed E-state index contributed by atoms with van der Waals surface area (Å²) in [4.78, 5) is 58.3. The van der Waals surface area contributed by atoms with Gasteiger partial charge < -0.3 is 30.3 Å². The van der Waals surface area contributed by atoms with Crippen molar-refractivity contribution in [1.29, 1.82) is 0 Å². The van der Waals surface area contributed by atoms with Crippen LogP contribution in [0.2, 0.25) is 0 Å². The highest BCUT2D eigenvalue weighted by molar-refractivity contribution is 5.90. The predicted octanol–water partition coefficient (Wildman–Crippen LogP) is 4.38. The number of hydrogen-bond donors (Lipinski definition) is 4. The maximum Gasteiger partial charge on any atom is 0.417 e. The minimum absolute atomic E-state index is 0.0433. The number of ether oxygens (including phenoxy) is 1. The largest absolute Gasteiger partial charge is 0.494 e. The van der Waals surface area contributed by atoms with Crippen molar-refractivity contribution in [1.82, 2.24) is 40.9 Å². The fraction of sp³-hybridized carbons (Fsp3) is 0.314. The fourth-order valence-corrected chi connectivity index (χ4v) is 5.27. The number of amides is 3. The third-order valence-corrected chi connectivity index (χ3v) is 8.06. The summed E-state index contributed by atoms with van der Waals surface area (Å²) in [5.74, 6) is -6.26. The SMILES string of the molecule is CCCOc1ccc(-c2nocc2C(C(=O)NCCC(=O)NC(C)C(=O)NC(C)C(=O)O)n2cc3nc(-c4cccc(F)c4F)nc-3cn2)c(C(F)(F)F)c1. The number of carboxylic acids is 1. The van der Waals surface area contributed by atoms with E-state index in [9.17, 15) is 41.1 Å². The van der Waals surface area contributed by atoms with Gasteiger partial charge in [0.05, 0.1) is 35.7 Å². The van der Waals surface area contributed by atoms with Gasteiger partial charge in [-0.2, -0.15) is 18.3 Å². The maximum absolute atomic E-state index is 14.6. The van der Waals surface area contributed by atoms with E-state index in [-0.39, 0.29) is 59.4 Å². The van der Waals surface area contributed by atoms with Crippen molar-refractivity contribution in [3.8, 4) is 39.8 Å². The molecular weight excluding hydrogens is 739 g/mol. The van der Waals surface area contributed by atoms with Crippen LogP contribution in [-0.4, -0.2) is 78.9 Å². The van der Waals surface area contributed by atoms with Crippen LogP contribution in [-0.2, 0) is 25.4 Å². The van der Waals surface area contributed by atoms with Crippen molar-refractivity contribution >= 4 is 23.7 Å². The smallest absolute Gasteiger partial charge is 0.417 e. The van der Waals surface area contributed by atoms with Gasteiger partial charge in [-0.15, -0.1) is 0 Å². The van der Waals surface area contributed by atoms with Gasteiger partial charge in [-0.05, 0) is 50.6 Å². The zero-order valence-electron chi connectivity index (χ0n) is 29.3. The highest BCUT2D eigenvalue weighted by Crippen LogP contribution is 2.41. The minimum atomic E-state index is -4.90. The summed E-state index contributed by atoms with van der Waals surface area (Å²) >= 11 is 0. The average molecular weight is 773 g/mol. The molecule has 2 aromatic carbocycles. The number of imidazole rings is 1. The number of nitrogens with zero attached hydrogens (tertiary/aromatic N) is 5. The van der Waals surface area contributed by atoms with E-state index in [1.165, 1.54) is 38.2 Å². The number of rotatable bonds is 15. The third kappa shape index (κ3) is 9.19. The van der Waals surface area contributed by atoms with Crippen LogP contribution in [0.25, 0.3) is 34.0 Å². The van der Waals surface area contributed by atoms with Crippen molar-refractivity contribution < 1.29 is 55.5 Å². The number of carbonyl (C=O) groups is 4. The molecule has 0 radical (unpaired) electrons. The summed E-state index contributed by atoms with van der Waals surface area (Å²) in [5, 5.41) is 24.2. The predicted molar refractivity (Wildman–Crippen MR) is 181 cm³/mol. The first kappa shape index (κ1) is 39.7. The number of aromatic nitrogens is 5. The Morgan fingerprint density at radius 3 is 2.44 bits per heavy atom. The summed E-state index contributed by atoms with van der Waals surface area (Å²) < 4.78 is 83.4. The second-order valence-electron chi connectivity index (χ2n) is 12.1. The molecule has 4 N–H and O–H groups in total. The quantitative estimate of drug-likeness (QED) is 0.110. The van der Waals surface area contributed by atoms with Crippen LogP contribution in [0.4, 0.5) is 22.0 Å². The van der Waals surface area contributed by atoms with E-state index >= 15 is 0 Å². The molecule has 3 amide bonds. The van der Waals surface area contributed by atoms with Crippen molar-refractivity contribution in [2.24, 2.45) is 0 Å². The number of carboxylic acid groups (broad SMARTS) is 1. The summed E-state index contributed by atoms with van der Waals surface area (Å²) in [7, 11) is 0. The van der Waals surface area contributed by atoms with E-state index in [1.54, 1.807) is 6.92 Å². The lowest BCUT2D eigenvalue weighted by molar-refractivity contribution is -0.141. The van der Waals surface area contributed by atoms with Crippen molar-refractivity contribution in [2.45, 2.75) is 57.9 Å². The Kier molecular flexibility index (Phi) is 12.1. The van der Waals surface area contributed by atoms with Crippen LogP contribution in [0.5, 0.6) is 5.75 Å². The molecular formula is C35H33F5N8O7. The van der Waals surface area contributed by atoms with Gasteiger partial charge in [-0.1, -0.05) is 18.1 Å². The molecule has 0 fully saturated rings. The molecule has 3 atom stereocenters. The zero-order chi connectivity index (χ0) is 40.0. The van der Waals surface area contributed by atoms with E-state index in [0.29, 0.717) is 6.42 Å². The van der Waals surface area contributed by atoms with Crippen LogP contribution in [0.15, 0.2) is 59.6 Å². The lowest BCUT2D eigenvalue weighted by atomic mass is 9.97. The number of fused-ring (bicyclic) bond motifs is 1. The Bertz CT molecular complexity index is 2170. The number of nitrogens with one attached hydrogen (secondary N) is 3. The molecule has 2 aliphatic heterocycles. The summed E-state index contributed by atoms with van der Waals surface area (Å²) in [6.07, 6.45) is -1.43. The molecule has 0 bridgehead atoms. The van der Waals surface area contributed by atoms with Gasteiger partial charge in [-0.3, -0.25) is 23.9 Å². The molecule has 290 valence electrons. The molecule has 20 heteroatoms. The first-order valence-electron chi connectivity index (χ1n) is 16.6. The van der Waals surface area contributed by atoms with Crippen LogP contribution in [0, 0.1) is 11.6 Å². The minimum Gasteiger partial charge on any atom is -0.494 e. The van der Waals surface area contributed by atoms with Crippen molar-refractivity contribution in [3.63, 3.8) is 0 Å². The molecule has 5 rings (SSSR count). The van der Waals surface area contributed by atoms with Gasteiger partial charge in [0.2, 0.25) is 17.7 Å². The van der Waals surface area contributed by atoms with E-state index in [1.807, 2.05) is 0 Å². The topological polar surface area (TPSA) is 203 Å². The molecule has 3 aromatic rings. The standard InChI is InChI=1S/C35H33F5N8O7/c1-4-12-54-19-8-9-20(23(13-19)35(38,39)40)29-22(16-55-47-29)30(33(51)41-11-10-27(49)43-17(2)32(50)44-18(3)34(52)53)48-15-26-25(14-42-48)45-31(46-26)21-6-5-7-24(36)28(21)37/h5-9,13-18,30H,4,10-12H2,1-3H3,(H,41,51)(H,43,49)(H,44,50)(H,52,53). The monoisotopic (exact) mass is 772 g/mol. The fourth-order valence-electron chi connectivity index (χ4n) is 5.27. The van der Waals surface area contributed by atoms with E-state index < -0.39 is 70.8 Å². The molecule has 0 saturated carbocycles. The van der Waals surface area contributed by atoms with Crippen LogP contribution in [0.3, 0.4) is 0 Å². The normalized spacial score (nSPS) is 13.2. The molecule has 0 saturated heterocycles. The Morgan fingerprint density at radius 1 is 0.982 bits per heavy atom. The molecule has 0 aliphatic carbocycles. The maximum atomic E-state index is 14.6. The van der Waals surface area contributed by atoms with Gasteiger partial charge in [0.15, 0.2) is 23.5 Å². The van der Waals surface area contributed by atoms with Crippen molar-refractivity contribution in [3.05, 3.63) is 77.8 Å². The molecule has 3 unspecified atom stereocenters. The Hall–Kier alpha value is -6.47. The van der Waals surface area contributed by atoms with Gasteiger partial charge in [-0.25, -0.2) is 18.7 Å². The van der Waals surface area contributed by atoms with Gasteiger partial charge in [0.25, 0.3) is 0 Å². The Balaban J connectivity index is 1.48. The van der Waals surface area contributed by atoms with E-state index in [2.05, 4.69) is 36.2 Å². The van der Waals surface area contributed by atoms with Crippen LogP contribution in [0.1, 0.15) is 50.8 Å². The zero-order valence-corrected chi connectivity index (χ0v) is 29.3. The van der Waals surface area contributed by atoms with E-state index in [0.717, 1.165) is 35.3 Å². The molecule has 0 spiro atoms. The lowest BCUT2D eigenvalue weighted by Crippen LogP contribution is -2.49. The van der Waals surface area contributed by atoms with E-state index in [4.69, 9.17) is 14.4 Å². The second kappa shape index (κ2) is 16.7. The molecule has 1 aromatic heterocycles. The first-order chi connectivity index (χ1) is 26.1. The average Bonchev–Trinajstić information content (AvgIpc) is 3.79. The third-order valence-electron chi connectivity index (χ3n) is 8.06. The molecule has 2 aliphatic rings. The van der Waals surface area contributed by atoms with Gasteiger partial charge in [0, 0.05) is 18.5 Å². The van der Waals surface area contributed by atoms with Crippen LogP contribution < -0.4 is 20.7 Å². The molecule has 3 heterocycles. The molecule has 15 nitrogen and oxygen atoms in total. The number of halogens is 5. The lowest BCUT2D eigenvalue weighted by Gasteiger charge is -2.20. The Labute approximate surface area is 308 Å². The van der Waals surface area contributed by atoms with Gasteiger partial charge in [0.1, 0.15) is 41.2 Å². The summed E-state index contributed by atoms with van der Waals surface area (Å²) in [6.45, 7) is 4.15. The molecule has 55 heavy (non-hydrogen) atoms. The number of aliphatic carboxylic acids is 1. The second-order valence-corrected chi connectivity index (χ2v) is 12.1. The number of alkyl halides is 3. The summed E-state index contributed by atoms with van der Waals surface area (Å²) in [5.41, 5.74) is -2.28. The first-order valence-corrected chi connectivity index (χ1v) is 16.6. The van der Waals surface area contributed by atoms with Crippen molar-refractivity contribution in [2.75, 3.05) is 13.2 Å². The highest BCUT2D eigenvalue weighted by atomic mass is 19.4.